The summed E-state index contributed by atoms with van der Waals surface area (Å²) >= 11 is 0. The molecule has 3 aromatic rings. The molecule has 0 atom stereocenters. The van der Waals surface area contributed by atoms with E-state index < -0.39 is 10.0 Å². The lowest BCUT2D eigenvalue weighted by molar-refractivity contribution is 0.101. The van der Waals surface area contributed by atoms with Crippen LogP contribution in [0.25, 0.3) is 0 Å². The zero-order valence-electron chi connectivity index (χ0n) is 15.7. The highest BCUT2D eigenvalue weighted by Crippen LogP contribution is 2.28. The lowest BCUT2D eigenvalue weighted by Gasteiger charge is -2.25. The molecule has 5 nitrogen and oxygen atoms in total. The van der Waals surface area contributed by atoms with E-state index in [1.165, 1.54) is 23.4 Å². The third kappa shape index (κ3) is 4.23. The standard InChI is InChI=1S/C22H21NO4S/c1-17(24)19-9-6-10-22(15-19)28(25,26)23(16-18-7-4-3-5-8-18)20-11-13-21(27-2)14-12-20/h3-15H,16H2,1-2H3. The van der Waals surface area contributed by atoms with Crippen molar-refractivity contribution < 1.29 is 17.9 Å². The molecule has 0 saturated heterocycles. The van der Waals surface area contributed by atoms with Crippen molar-refractivity contribution in [2.24, 2.45) is 0 Å². The fourth-order valence-electron chi connectivity index (χ4n) is 2.82. The summed E-state index contributed by atoms with van der Waals surface area (Å²) in [6, 6.07) is 22.3. The van der Waals surface area contributed by atoms with E-state index in [1.54, 1.807) is 43.5 Å². The Hall–Kier alpha value is -3.12. The average Bonchev–Trinajstić information content (AvgIpc) is 2.73. The highest BCUT2D eigenvalue weighted by Gasteiger charge is 2.26. The fourth-order valence-corrected chi connectivity index (χ4v) is 4.31. The van der Waals surface area contributed by atoms with E-state index >= 15 is 0 Å². The highest BCUT2D eigenvalue weighted by atomic mass is 32.2. The molecule has 0 aliphatic rings. The molecular weight excluding hydrogens is 374 g/mol. The van der Waals surface area contributed by atoms with Crippen LogP contribution in [0.5, 0.6) is 5.75 Å². The van der Waals surface area contributed by atoms with Crippen molar-refractivity contribution in [2.75, 3.05) is 11.4 Å². The molecule has 0 bridgehead atoms. The number of ether oxygens (including phenoxy) is 1. The monoisotopic (exact) mass is 395 g/mol. The molecule has 0 saturated carbocycles. The maximum absolute atomic E-state index is 13.4. The molecule has 0 N–H and O–H groups in total. The second kappa shape index (κ2) is 8.27. The van der Waals surface area contributed by atoms with Crippen molar-refractivity contribution in [1.82, 2.24) is 0 Å². The summed E-state index contributed by atoms with van der Waals surface area (Å²) in [4.78, 5) is 11.8. The predicted molar refractivity (Wildman–Crippen MR) is 109 cm³/mol. The molecule has 0 aliphatic heterocycles. The Morgan fingerprint density at radius 2 is 1.61 bits per heavy atom. The number of methoxy groups -OCH3 is 1. The van der Waals surface area contributed by atoms with Crippen LogP contribution in [0.15, 0.2) is 83.8 Å². The quantitative estimate of drug-likeness (QED) is 0.560. The number of hydrogen-bond donors (Lipinski definition) is 0. The van der Waals surface area contributed by atoms with E-state index in [1.807, 2.05) is 30.3 Å². The first kappa shape index (κ1) is 19.6. The van der Waals surface area contributed by atoms with Crippen LogP contribution >= 0.6 is 0 Å². The van der Waals surface area contributed by atoms with Crippen LogP contribution in [-0.4, -0.2) is 21.3 Å². The van der Waals surface area contributed by atoms with Gasteiger partial charge in [0.15, 0.2) is 5.78 Å². The molecule has 3 rings (SSSR count). The predicted octanol–water partition coefficient (Wildman–Crippen LogP) is 4.29. The molecule has 0 unspecified atom stereocenters. The van der Waals surface area contributed by atoms with Crippen molar-refractivity contribution >= 4 is 21.5 Å². The zero-order valence-corrected chi connectivity index (χ0v) is 16.5. The summed E-state index contributed by atoms with van der Waals surface area (Å²) in [5, 5.41) is 0. The van der Waals surface area contributed by atoms with Crippen molar-refractivity contribution in [3.05, 3.63) is 90.0 Å². The van der Waals surface area contributed by atoms with Gasteiger partial charge in [-0.2, -0.15) is 0 Å². The summed E-state index contributed by atoms with van der Waals surface area (Å²) in [6.45, 7) is 1.58. The van der Waals surface area contributed by atoms with Gasteiger partial charge in [-0.1, -0.05) is 42.5 Å². The van der Waals surface area contributed by atoms with Gasteiger partial charge in [0.25, 0.3) is 10.0 Å². The maximum Gasteiger partial charge on any atom is 0.264 e. The Morgan fingerprint density at radius 1 is 0.929 bits per heavy atom. The number of carbonyl (C=O) groups is 1. The van der Waals surface area contributed by atoms with Crippen LogP contribution in [0, 0.1) is 0 Å². The first-order chi connectivity index (χ1) is 13.4. The summed E-state index contributed by atoms with van der Waals surface area (Å²) in [7, 11) is -2.33. The van der Waals surface area contributed by atoms with Crippen LogP contribution in [0.1, 0.15) is 22.8 Å². The normalized spacial score (nSPS) is 11.1. The lowest BCUT2D eigenvalue weighted by atomic mass is 10.2. The van der Waals surface area contributed by atoms with Gasteiger partial charge in [-0.25, -0.2) is 8.42 Å². The fraction of sp³-hybridized carbons (Fsp3) is 0.136. The van der Waals surface area contributed by atoms with E-state index in [0.717, 1.165) is 5.56 Å². The van der Waals surface area contributed by atoms with Gasteiger partial charge >= 0.3 is 0 Å². The number of sulfonamides is 1. The van der Waals surface area contributed by atoms with Gasteiger partial charge in [-0.15, -0.1) is 0 Å². The lowest BCUT2D eigenvalue weighted by Crippen LogP contribution is -2.30. The van der Waals surface area contributed by atoms with Gasteiger partial charge in [-0.05, 0) is 48.9 Å². The summed E-state index contributed by atoms with van der Waals surface area (Å²) in [6.07, 6.45) is 0. The molecular formula is C22H21NO4S. The van der Waals surface area contributed by atoms with E-state index in [0.29, 0.717) is 17.0 Å². The Balaban J connectivity index is 2.08. The minimum Gasteiger partial charge on any atom is -0.497 e. The average molecular weight is 395 g/mol. The number of rotatable bonds is 7. The van der Waals surface area contributed by atoms with E-state index in [4.69, 9.17) is 4.74 Å². The van der Waals surface area contributed by atoms with Crippen LogP contribution in [0.2, 0.25) is 0 Å². The largest absolute Gasteiger partial charge is 0.497 e. The van der Waals surface area contributed by atoms with E-state index in [2.05, 4.69) is 0 Å². The van der Waals surface area contributed by atoms with Crippen LogP contribution in [0.3, 0.4) is 0 Å². The van der Waals surface area contributed by atoms with Crippen molar-refractivity contribution in [3.63, 3.8) is 0 Å². The van der Waals surface area contributed by atoms with Crippen LogP contribution < -0.4 is 9.04 Å². The molecule has 0 fully saturated rings. The second-order valence-electron chi connectivity index (χ2n) is 6.28. The van der Waals surface area contributed by atoms with Crippen LogP contribution in [-0.2, 0) is 16.6 Å². The highest BCUT2D eigenvalue weighted by molar-refractivity contribution is 7.92. The number of carbonyl (C=O) groups excluding carboxylic acids is 1. The smallest absolute Gasteiger partial charge is 0.264 e. The topological polar surface area (TPSA) is 63.7 Å². The van der Waals surface area contributed by atoms with Crippen molar-refractivity contribution in [1.29, 1.82) is 0 Å². The minimum absolute atomic E-state index is 0.0759. The number of hydrogen-bond acceptors (Lipinski definition) is 4. The molecule has 0 amide bonds. The van der Waals surface area contributed by atoms with E-state index in [-0.39, 0.29) is 17.2 Å². The van der Waals surface area contributed by atoms with Crippen molar-refractivity contribution in [2.45, 2.75) is 18.4 Å². The van der Waals surface area contributed by atoms with Crippen LogP contribution in [0.4, 0.5) is 5.69 Å². The third-order valence-corrected chi connectivity index (χ3v) is 6.13. The molecule has 0 aliphatic carbocycles. The summed E-state index contributed by atoms with van der Waals surface area (Å²) in [5.74, 6) is 0.454. The molecule has 0 heterocycles. The molecule has 144 valence electrons. The van der Waals surface area contributed by atoms with Gasteiger partial charge in [-0.3, -0.25) is 9.10 Å². The van der Waals surface area contributed by atoms with Gasteiger partial charge in [0.1, 0.15) is 5.75 Å². The third-order valence-electron chi connectivity index (χ3n) is 4.36. The van der Waals surface area contributed by atoms with Crippen molar-refractivity contribution in [3.8, 4) is 5.75 Å². The Labute approximate surface area is 165 Å². The molecule has 0 radical (unpaired) electrons. The Kier molecular flexibility index (Phi) is 5.80. The molecule has 0 spiro atoms. The Morgan fingerprint density at radius 3 is 2.21 bits per heavy atom. The second-order valence-corrected chi connectivity index (χ2v) is 8.14. The molecule has 6 heteroatoms. The maximum atomic E-state index is 13.4. The van der Waals surface area contributed by atoms with Gasteiger partial charge in [0.05, 0.1) is 24.2 Å². The number of Topliss-reactive ketones (excluding diaryl/α,β-unsaturated/α-hetero) is 1. The van der Waals surface area contributed by atoms with Gasteiger partial charge in [0.2, 0.25) is 0 Å². The molecule has 0 aromatic heterocycles. The number of anilines is 1. The SMILES string of the molecule is COc1ccc(N(Cc2ccccc2)S(=O)(=O)c2cccc(C(C)=O)c2)cc1. The summed E-state index contributed by atoms with van der Waals surface area (Å²) in [5.41, 5.74) is 1.72. The Bertz CT molecular complexity index is 1060. The van der Waals surface area contributed by atoms with Gasteiger partial charge in [0, 0.05) is 5.56 Å². The summed E-state index contributed by atoms with van der Waals surface area (Å²) < 4.78 is 33.4. The number of nitrogens with zero attached hydrogens (tertiary/aromatic N) is 1. The number of benzene rings is 3. The van der Waals surface area contributed by atoms with E-state index in [9.17, 15) is 13.2 Å². The first-order valence-corrected chi connectivity index (χ1v) is 10.2. The minimum atomic E-state index is -3.89. The zero-order chi connectivity index (χ0) is 20.1. The van der Waals surface area contributed by atoms with Gasteiger partial charge < -0.3 is 4.74 Å². The number of ketones is 1. The molecule has 3 aromatic carbocycles. The first-order valence-electron chi connectivity index (χ1n) is 8.73. The molecule has 28 heavy (non-hydrogen) atoms.